The Morgan fingerprint density at radius 3 is 2.48 bits per heavy atom. The van der Waals surface area contributed by atoms with Gasteiger partial charge >= 0.3 is 0 Å². The number of pyridine rings is 2. The van der Waals surface area contributed by atoms with Crippen LogP contribution >= 0.6 is 15.9 Å². The Labute approximate surface area is 130 Å². The summed E-state index contributed by atoms with van der Waals surface area (Å²) >= 11 is 3.25. The van der Waals surface area contributed by atoms with Crippen LogP contribution in [0.4, 0.5) is 15.8 Å². The summed E-state index contributed by atoms with van der Waals surface area (Å²) in [6.07, 6.45) is 0. The summed E-state index contributed by atoms with van der Waals surface area (Å²) in [5.41, 5.74) is 3.62. The van der Waals surface area contributed by atoms with Crippen molar-refractivity contribution in [1.82, 2.24) is 9.97 Å². The van der Waals surface area contributed by atoms with Crippen LogP contribution in [0, 0.1) is 19.7 Å². The van der Waals surface area contributed by atoms with Gasteiger partial charge < -0.3 is 5.32 Å². The Bertz CT molecular complexity index is 828. The van der Waals surface area contributed by atoms with Crippen molar-refractivity contribution < 1.29 is 4.39 Å². The third kappa shape index (κ3) is 2.88. The maximum Gasteiger partial charge on any atom is 0.161 e. The predicted molar refractivity (Wildman–Crippen MR) is 86.4 cm³/mol. The van der Waals surface area contributed by atoms with Crippen molar-refractivity contribution in [2.45, 2.75) is 13.8 Å². The molecule has 0 spiro atoms. The van der Waals surface area contributed by atoms with E-state index in [0.29, 0.717) is 15.8 Å². The van der Waals surface area contributed by atoms with Crippen LogP contribution in [-0.4, -0.2) is 9.97 Å². The standard InChI is InChI=1S/C16H13BrFN3/c1-9-3-5-12-15(7-10(2)20-16(12)19-9)21-14-6-4-11(17)8-13(14)18/h3-8H,1-2H3,(H,19,20,21). The largest absolute Gasteiger partial charge is 0.352 e. The molecular weight excluding hydrogens is 333 g/mol. The maximum atomic E-state index is 14.0. The molecule has 0 amide bonds. The summed E-state index contributed by atoms with van der Waals surface area (Å²) in [5, 5.41) is 4.00. The van der Waals surface area contributed by atoms with Crippen molar-refractivity contribution in [3.05, 3.63) is 58.1 Å². The fraction of sp³-hybridized carbons (Fsp3) is 0.125. The molecule has 2 aromatic heterocycles. The van der Waals surface area contributed by atoms with Crippen molar-refractivity contribution in [2.24, 2.45) is 0 Å². The second-order valence-electron chi connectivity index (χ2n) is 4.88. The highest BCUT2D eigenvalue weighted by Gasteiger charge is 2.08. The Balaban J connectivity index is 2.11. The van der Waals surface area contributed by atoms with Gasteiger partial charge in [0.1, 0.15) is 5.82 Å². The second kappa shape index (κ2) is 5.41. The average Bonchev–Trinajstić information content (AvgIpc) is 2.41. The number of aromatic nitrogens is 2. The lowest BCUT2D eigenvalue weighted by molar-refractivity contribution is 0.631. The molecule has 0 aliphatic rings. The van der Waals surface area contributed by atoms with Gasteiger partial charge in [0.15, 0.2) is 5.65 Å². The van der Waals surface area contributed by atoms with E-state index in [1.54, 1.807) is 12.1 Å². The highest BCUT2D eigenvalue weighted by Crippen LogP contribution is 2.28. The van der Waals surface area contributed by atoms with E-state index >= 15 is 0 Å². The van der Waals surface area contributed by atoms with E-state index in [1.807, 2.05) is 32.0 Å². The molecule has 3 rings (SSSR count). The molecule has 0 aliphatic carbocycles. The normalized spacial score (nSPS) is 10.9. The fourth-order valence-electron chi connectivity index (χ4n) is 2.16. The molecule has 0 atom stereocenters. The van der Waals surface area contributed by atoms with Crippen LogP contribution in [0.3, 0.4) is 0 Å². The summed E-state index contributed by atoms with van der Waals surface area (Å²) in [6, 6.07) is 10.7. The van der Waals surface area contributed by atoms with Gasteiger partial charge in [-0.2, -0.15) is 0 Å². The molecule has 0 radical (unpaired) electrons. The van der Waals surface area contributed by atoms with E-state index in [2.05, 4.69) is 31.2 Å². The molecule has 5 heteroatoms. The number of anilines is 2. The number of rotatable bonds is 2. The zero-order chi connectivity index (χ0) is 15.0. The average molecular weight is 346 g/mol. The molecule has 0 fully saturated rings. The van der Waals surface area contributed by atoms with E-state index in [1.165, 1.54) is 6.07 Å². The number of halogens is 2. The zero-order valence-corrected chi connectivity index (χ0v) is 13.2. The first-order valence-corrected chi connectivity index (χ1v) is 7.29. The molecule has 1 N–H and O–H groups in total. The summed E-state index contributed by atoms with van der Waals surface area (Å²) in [4.78, 5) is 8.85. The van der Waals surface area contributed by atoms with Crippen molar-refractivity contribution >= 4 is 38.3 Å². The van der Waals surface area contributed by atoms with Crippen LogP contribution in [0.5, 0.6) is 0 Å². The smallest absolute Gasteiger partial charge is 0.161 e. The Morgan fingerprint density at radius 1 is 0.952 bits per heavy atom. The summed E-state index contributed by atoms with van der Waals surface area (Å²) in [7, 11) is 0. The number of benzene rings is 1. The number of nitrogens with zero attached hydrogens (tertiary/aromatic N) is 2. The molecule has 3 nitrogen and oxygen atoms in total. The van der Waals surface area contributed by atoms with Gasteiger partial charge in [-0.3, -0.25) is 0 Å². The van der Waals surface area contributed by atoms with Crippen LogP contribution in [0.1, 0.15) is 11.4 Å². The van der Waals surface area contributed by atoms with Gasteiger partial charge in [-0.25, -0.2) is 14.4 Å². The number of nitrogens with one attached hydrogen (secondary N) is 1. The molecule has 2 heterocycles. The van der Waals surface area contributed by atoms with Gasteiger partial charge in [0.25, 0.3) is 0 Å². The zero-order valence-electron chi connectivity index (χ0n) is 11.6. The van der Waals surface area contributed by atoms with Crippen molar-refractivity contribution in [2.75, 3.05) is 5.32 Å². The SMILES string of the molecule is Cc1ccc2c(Nc3ccc(Br)cc3F)cc(C)nc2n1. The van der Waals surface area contributed by atoms with Gasteiger partial charge in [-0.1, -0.05) is 15.9 Å². The maximum absolute atomic E-state index is 14.0. The second-order valence-corrected chi connectivity index (χ2v) is 5.80. The topological polar surface area (TPSA) is 37.8 Å². The number of fused-ring (bicyclic) bond motifs is 1. The fourth-order valence-corrected chi connectivity index (χ4v) is 2.50. The number of hydrogen-bond acceptors (Lipinski definition) is 3. The van der Waals surface area contributed by atoms with E-state index in [4.69, 9.17) is 0 Å². The van der Waals surface area contributed by atoms with Crippen molar-refractivity contribution in [1.29, 1.82) is 0 Å². The number of hydrogen-bond donors (Lipinski definition) is 1. The van der Waals surface area contributed by atoms with E-state index < -0.39 is 0 Å². The van der Waals surface area contributed by atoms with Gasteiger partial charge in [0.05, 0.1) is 11.4 Å². The quantitative estimate of drug-likeness (QED) is 0.718. The molecule has 0 unspecified atom stereocenters. The van der Waals surface area contributed by atoms with E-state index in [0.717, 1.165) is 22.5 Å². The highest BCUT2D eigenvalue weighted by molar-refractivity contribution is 9.10. The molecule has 3 aromatic rings. The summed E-state index contributed by atoms with van der Waals surface area (Å²) in [5.74, 6) is -0.313. The van der Waals surface area contributed by atoms with E-state index in [9.17, 15) is 4.39 Å². The minimum Gasteiger partial charge on any atom is -0.352 e. The minimum absolute atomic E-state index is 0.313. The van der Waals surface area contributed by atoms with Gasteiger partial charge in [-0.05, 0) is 50.2 Å². The van der Waals surface area contributed by atoms with Crippen LogP contribution in [0.2, 0.25) is 0 Å². The highest BCUT2D eigenvalue weighted by atomic mass is 79.9. The molecule has 106 valence electrons. The first-order chi connectivity index (χ1) is 10.0. The number of aryl methyl sites for hydroxylation is 2. The molecule has 0 saturated heterocycles. The Kier molecular flexibility index (Phi) is 3.59. The molecule has 21 heavy (non-hydrogen) atoms. The summed E-state index contributed by atoms with van der Waals surface area (Å²) < 4.78 is 14.7. The predicted octanol–water partition coefficient (Wildman–Crippen LogP) is 4.89. The lowest BCUT2D eigenvalue weighted by Gasteiger charge is -2.11. The van der Waals surface area contributed by atoms with Gasteiger partial charge in [0, 0.05) is 21.2 Å². The Hall–Kier alpha value is -2.01. The third-order valence-electron chi connectivity index (χ3n) is 3.14. The third-order valence-corrected chi connectivity index (χ3v) is 3.63. The Morgan fingerprint density at radius 2 is 1.71 bits per heavy atom. The lowest BCUT2D eigenvalue weighted by atomic mass is 10.2. The van der Waals surface area contributed by atoms with Crippen LogP contribution in [0.25, 0.3) is 11.0 Å². The molecule has 0 aliphatic heterocycles. The van der Waals surface area contributed by atoms with Gasteiger partial charge in [0.2, 0.25) is 0 Å². The lowest BCUT2D eigenvalue weighted by Crippen LogP contribution is -1.98. The van der Waals surface area contributed by atoms with Crippen LogP contribution < -0.4 is 5.32 Å². The molecular formula is C16H13BrFN3. The first-order valence-electron chi connectivity index (χ1n) is 6.50. The summed E-state index contributed by atoms with van der Waals surface area (Å²) in [6.45, 7) is 3.82. The molecule has 0 saturated carbocycles. The van der Waals surface area contributed by atoms with Crippen LogP contribution in [0.15, 0.2) is 40.9 Å². The van der Waals surface area contributed by atoms with Gasteiger partial charge in [-0.15, -0.1) is 0 Å². The van der Waals surface area contributed by atoms with E-state index in [-0.39, 0.29) is 5.82 Å². The van der Waals surface area contributed by atoms with Crippen LogP contribution in [-0.2, 0) is 0 Å². The molecule has 1 aromatic carbocycles. The molecule has 0 bridgehead atoms. The first kappa shape index (κ1) is 13.9. The monoisotopic (exact) mass is 345 g/mol. The van der Waals surface area contributed by atoms with Crippen molar-refractivity contribution in [3.63, 3.8) is 0 Å². The van der Waals surface area contributed by atoms with Crippen molar-refractivity contribution in [3.8, 4) is 0 Å². The minimum atomic E-state index is -0.313.